The van der Waals surface area contributed by atoms with Crippen LogP contribution in [-0.4, -0.2) is 45.5 Å². The number of amides is 1. The first-order valence-corrected chi connectivity index (χ1v) is 13.5. The molecule has 0 aromatic heterocycles. The lowest BCUT2D eigenvalue weighted by atomic mass is 10.0. The van der Waals surface area contributed by atoms with Crippen LogP contribution in [0.15, 0.2) is 77.7 Å². The molecular weight excluding hydrogens is 492 g/mol. The zero-order valence-electron chi connectivity index (χ0n) is 20.7. The van der Waals surface area contributed by atoms with E-state index in [1.54, 1.807) is 72.8 Å². The van der Waals surface area contributed by atoms with Crippen molar-refractivity contribution in [1.82, 2.24) is 0 Å². The van der Waals surface area contributed by atoms with Crippen molar-refractivity contribution in [2.24, 2.45) is 5.73 Å². The van der Waals surface area contributed by atoms with Crippen LogP contribution >= 0.6 is 0 Å². The summed E-state index contributed by atoms with van der Waals surface area (Å²) in [5, 5.41) is 13.7. The highest BCUT2D eigenvalue weighted by Crippen LogP contribution is 2.28. The van der Waals surface area contributed by atoms with Crippen molar-refractivity contribution < 1.29 is 22.7 Å². The number of carbonyl (C=O) groups excluding carboxylic acids is 2. The molecule has 0 saturated heterocycles. The number of carbonyl (C=O) groups is 2. The van der Waals surface area contributed by atoms with Crippen LogP contribution in [0.1, 0.15) is 24.8 Å². The van der Waals surface area contributed by atoms with Crippen LogP contribution < -0.4 is 16.4 Å². The van der Waals surface area contributed by atoms with Crippen LogP contribution in [0.5, 0.6) is 0 Å². The number of sulfone groups is 1. The number of nitrogen functional groups attached to an aromatic ring is 1. The van der Waals surface area contributed by atoms with Gasteiger partial charge in [-0.1, -0.05) is 42.5 Å². The van der Waals surface area contributed by atoms with Gasteiger partial charge in [-0.25, -0.2) is 8.42 Å². The highest BCUT2D eigenvalue weighted by molar-refractivity contribution is 7.90. The van der Waals surface area contributed by atoms with Gasteiger partial charge in [0.25, 0.3) is 0 Å². The summed E-state index contributed by atoms with van der Waals surface area (Å²) in [5.74, 6) is -0.766. The molecular formula is C27H30N4O5S. The van der Waals surface area contributed by atoms with Gasteiger partial charge >= 0.3 is 5.97 Å². The third-order valence-electron chi connectivity index (χ3n) is 5.68. The van der Waals surface area contributed by atoms with Crippen LogP contribution in [0.3, 0.4) is 0 Å². The summed E-state index contributed by atoms with van der Waals surface area (Å²) in [6.45, 7) is 0. The number of esters is 1. The van der Waals surface area contributed by atoms with Gasteiger partial charge in [0, 0.05) is 35.2 Å². The summed E-state index contributed by atoms with van der Waals surface area (Å²) in [5.41, 5.74) is 8.52. The van der Waals surface area contributed by atoms with E-state index in [-0.39, 0.29) is 29.0 Å². The second-order valence-corrected chi connectivity index (χ2v) is 10.5. The summed E-state index contributed by atoms with van der Waals surface area (Å²) in [6.07, 6.45) is 2.11. The topological polar surface area (TPSA) is 151 Å². The Morgan fingerprint density at radius 1 is 1.00 bits per heavy atom. The Labute approximate surface area is 216 Å². The zero-order chi connectivity index (χ0) is 27.0. The van der Waals surface area contributed by atoms with E-state index in [4.69, 9.17) is 15.9 Å². The molecule has 1 atom stereocenters. The maximum atomic E-state index is 13.2. The van der Waals surface area contributed by atoms with Crippen molar-refractivity contribution in [2.75, 3.05) is 24.0 Å². The normalized spacial score (nSPS) is 11.8. The summed E-state index contributed by atoms with van der Waals surface area (Å²) < 4.78 is 29.0. The van der Waals surface area contributed by atoms with Gasteiger partial charge in [-0.05, 0) is 48.7 Å². The van der Waals surface area contributed by atoms with E-state index in [0.29, 0.717) is 40.9 Å². The van der Waals surface area contributed by atoms with Crippen molar-refractivity contribution in [3.05, 3.63) is 78.4 Å². The molecule has 3 aromatic rings. The highest BCUT2D eigenvalue weighted by Gasteiger charge is 2.20. The number of ether oxygens (including phenoxy) is 1. The second-order valence-electron chi connectivity index (χ2n) is 8.49. The molecule has 1 amide bonds. The van der Waals surface area contributed by atoms with Gasteiger partial charge in [-0.3, -0.25) is 15.0 Å². The van der Waals surface area contributed by atoms with Crippen molar-refractivity contribution in [2.45, 2.75) is 30.2 Å². The van der Waals surface area contributed by atoms with E-state index in [2.05, 4.69) is 10.6 Å². The Morgan fingerprint density at radius 2 is 1.70 bits per heavy atom. The number of hydrogen-bond donors (Lipinski definition) is 4. The molecule has 0 heterocycles. The molecule has 0 fully saturated rings. The van der Waals surface area contributed by atoms with Crippen LogP contribution in [0.2, 0.25) is 0 Å². The maximum absolute atomic E-state index is 13.2. The number of rotatable bonds is 11. The number of amidine groups is 1. The predicted octanol–water partition coefficient (Wildman–Crippen LogP) is 3.80. The molecule has 37 heavy (non-hydrogen) atoms. The van der Waals surface area contributed by atoms with Crippen LogP contribution in [-0.2, 0) is 24.2 Å². The third kappa shape index (κ3) is 7.65. The zero-order valence-corrected chi connectivity index (χ0v) is 21.5. The summed E-state index contributed by atoms with van der Waals surface area (Å²) >= 11 is 0. The molecule has 0 spiro atoms. The number of methoxy groups -OCH3 is 1. The Kier molecular flexibility index (Phi) is 9.02. The Morgan fingerprint density at radius 3 is 2.35 bits per heavy atom. The number of nitrogens with one attached hydrogen (secondary N) is 3. The van der Waals surface area contributed by atoms with E-state index < -0.39 is 15.9 Å². The molecule has 194 valence electrons. The predicted molar refractivity (Wildman–Crippen MR) is 144 cm³/mol. The Hall–Kier alpha value is -4.18. The number of anilines is 2. The Balaban J connectivity index is 1.78. The molecule has 10 heteroatoms. The quantitative estimate of drug-likeness (QED) is 0.170. The number of benzene rings is 3. The molecule has 0 aliphatic rings. The molecule has 0 unspecified atom stereocenters. The summed E-state index contributed by atoms with van der Waals surface area (Å²) in [4.78, 5) is 25.0. The average molecular weight is 523 g/mol. The smallest absolute Gasteiger partial charge is 0.305 e. The molecule has 0 radical (unpaired) electrons. The lowest BCUT2D eigenvalue weighted by Crippen LogP contribution is -2.35. The molecule has 3 aromatic carbocycles. The first kappa shape index (κ1) is 27.4. The fourth-order valence-corrected chi connectivity index (χ4v) is 4.70. The maximum Gasteiger partial charge on any atom is 0.305 e. The standard InChI is InChI=1S/C27H30N4O5S/c1-36-25(32)12-6-10-23(30-21-8-5-7-19(17-21)26(28)29)27(33)31-20-15-13-18(14-16-20)22-9-3-4-11-24(22)37(2,34)35/h3-5,7-9,11,13-17,23,30H,6,10,12H2,1-2H3,(H3,28,29)(H,31,33)/t23-/m0/s1. The lowest BCUT2D eigenvalue weighted by Gasteiger charge is -2.20. The van der Waals surface area contributed by atoms with Crippen molar-refractivity contribution in [3.63, 3.8) is 0 Å². The van der Waals surface area contributed by atoms with E-state index >= 15 is 0 Å². The fraction of sp³-hybridized carbons (Fsp3) is 0.222. The van der Waals surface area contributed by atoms with Crippen LogP contribution in [0.4, 0.5) is 11.4 Å². The molecule has 0 saturated carbocycles. The van der Waals surface area contributed by atoms with Gasteiger partial charge in [0.05, 0.1) is 12.0 Å². The van der Waals surface area contributed by atoms with Crippen molar-refractivity contribution >= 4 is 38.9 Å². The molecule has 0 aliphatic heterocycles. The van der Waals surface area contributed by atoms with Gasteiger partial charge in [0.1, 0.15) is 11.9 Å². The van der Waals surface area contributed by atoms with Gasteiger partial charge < -0.3 is 21.1 Å². The summed E-state index contributed by atoms with van der Waals surface area (Å²) in [6, 6.07) is 19.8. The van der Waals surface area contributed by atoms with Gasteiger partial charge in [-0.2, -0.15) is 0 Å². The first-order valence-electron chi connectivity index (χ1n) is 11.6. The van der Waals surface area contributed by atoms with E-state index in [9.17, 15) is 18.0 Å². The molecule has 3 rings (SSSR count). The minimum absolute atomic E-state index is 0.0899. The monoisotopic (exact) mass is 522 g/mol. The highest BCUT2D eigenvalue weighted by atomic mass is 32.2. The SMILES string of the molecule is COC(=O)CCC[C@H](Nc1cccc(C(=N)N)c1)C(=O)Nc1ccc(-c2ccccc2S(C)(=O)=O)cc1. The van der Waals surface area contributed by atoms with Crippen molar-refractivity contribution in [3.8, 4) is 11.1 Å². The van der Waals surface area contributed by atoms with Crippen LogP contribution in [0, 0.1) is 5.41 Å². The minimum Gasteiger partial charge on any atom is -0.469 e. The molecule has 5 N–H and O–H groups in total. The van der Waals surface area contributed by atoms with Gasteiger partial charge in [0.2, 0.25) is 5.91 Å². The first-order chi connectivity index (χ1) is 17.6. The minimum atomic E-state index is -3.41. The molecule has 0 aliphatic carbocycles. The van der Waals surface area contributed by atoms with Crippen molar-refractivity contribution in [1.29, 1.82) is 5.41 Å². The van der Waals surface area contributed by atoms with Gasteiger partial charge in [-0.15, -0.1) is 0 Å². The molecule has 9 nitrogen and oxygen atoms in total. The van der Waals surface area contributed by atoms with E-state index in [0.717, 1.165) is 0 Å². The largest absolute Gasteiger partial charge is 0.469 e. The second kappa shape index (κ2) is 12.2. The lowest BCUT2D eigenvalue weighted by molar-refractivity contribution is -0.140. The summed E-state index contributed by atoms with van der Waals surface area (Å²) in [7, 11) is -2.09. The number of nitrogens with two attached hydrogens (primary N) is 1. The number of hydrogen-bond acceptors (Lipinski definition) is 7. The van der Waals surface area contributed by atoms with E-state index in [1.807, 2.05) is 0 Å². The van der Waals surface area contributed by atoms with Crippen LogP contribution in [0.25, 0.3) is 11.1 Å². The fourth-order valence-electron chi connectivity index (χ4n) is 3.79. The third-order valence-corrected chi connectivity index (χ3v) is 6.84. The Bertz CT molecular complexity index is 1390. The van der Waals surface area contributed by atoms with Gasteiger partial charge in [0.15, 0.2) is 9.84 Å². The molecule has 0 bridgehead atoms. The average Bonchev–Trinajstić information content (AvgIpc) is 2.88. The van der Waals surface area contributed by atoms with E-state index in [1.165, 1.54) is 13.4 Å².